The van der Waals surface area contributed by atoms with Gasteiger partial charge in [-0.1, -0.05) is 63.2 Å². The van der Waals surface area contributed by atoms with Gasteiger partial charge in [-0.2, -0.15) is 0 Å². The Morgan fingerprint density at radius 1 is 0.875 bits per heavy atom. The quantitative estimate of drug-likeness (QED) is 0.548. The van der Waals surface area contributed by atoms with E-state index in [0.29, 0.717) is 5.92 Å². The Balaban J connectivity index is 2.06. The van der Waals surface area contributed by atoms with Gasteiger partial charge in [-0.05, 0) is 59.2 Å². The fourth-order valence-electron chi connectivity index (χ4n) is 3.15. The molecule has 1 heteroatoms. The second-order valence-corrected chi connectivity index (χ2v) is 6.74. The molecule has 0 radical (unpaired) electrons. The largest absolute Gasteiger partial charge is 0.256 e. The maximum atomic E-state index is 4.66. The Hall–Kier alpha value is -2.41. The van der Waals surface area contributed by atoms with E-state index in [9.17, 15) is 0 Å². The molecule has 0 aliphatic heterocycles. The van der Waals surface area contributed by atoms with Crippen LogP contribution in [-0.2, 0) is 12.8 Å². The molecule has 1 nitrogen and oxygen atoms in total. The van der Waals surface area contributed by atoms with Crippen LogP contribution in [0.15, 0.2) is 66.9 Å². The number of rotatable bonds is 5. The van der Waals surface area contributed by atoms with Gasteiger partial charge in [-0.15, -0.1) is 0 Å². The molecule has 0 N–H and O–H groups in total. The van der Waals surface area contributed by atoms with Crippen LogP contribution in [0.4, 0.5) is 0 Å². The molecule has 0 aliphatic rings. The van der Waals surface area contributed by atoms with Gasteiger partial charge in [0.1, 0.15) is 0 Å². The highest BCUT2D eigenvalue weighted by Crippen LogP contribution is 2.29. The third kappa shape index (κ3) is 3.73. The van der Waals surface area contributed by atoms with Crippen molar-refractivity contribution in [1.29, 1.82) is 0 Å². The third-order valence-electron chi connectivity index (χ3n) is 4.34. The standard InChI is InChI=1S/C23H25N/c1-4-19-10-11-21(20-8-6-5-7-9-20)16-22(19)23-15-18(12-13-24-23)14-17(2)3/h5-13,15-17H,4,14H2,1-3H3. The van der Waals surface area contributed by atoms with E-state index in [1.54, 1.807) is 0 Å². The first kappa shape index (κ1) is 16.4. The van der Waals surface area contributed by atoms with E-state index < -0.39 is 0 Å². The number of aromatic nitrogens is 1. The molecule has 0 bridgehead atoms. The van der Waals surface area contributed by atoms with Crippen LogP contribution in [0.1, 0.15) is 31.9 Å². The lowest BCUT2D eigenvalue weighted by Crippen LogP contribution is -1.97. The summed E-state index contributed by atoms with van der Waals surface area (Å²) >= 11 is 0. The Bertz CT molecular complexity index is 803. The number of benzene rings is 2. The Kier molecular flexibility index (Phi) is 5.10. The zero-order valence-electron chi connectivity index (χ0n) is 14.8. The van der Waals surface area contributed by atoms with E-state index in [2.05, 4.69) is 86.4 Å². The third-order valence-corrected chi connectivity index (χ3v) is 4.34. The summed E-state index contributed by atoms with van der Waals surface area (Å²) < 4.78 is 0. The topological polar surface area (TPSA) is 12.9 Å². The summed E-state index contributed by atoms with van der Waals surface area (Å²) in [6.45, 7) is 6.72. The normalized spacial score (nSPS) is 11.0. The molecule has 0 unspecified atom stereocenters. The Morgan fingerprint density at radius 2 is 1.67 bits per heavy atom. The number of pyridine rings is 1. The zero-order chi connectivity index (χ0) is 16.9. The highest BCUT2D eigenvalue weighted by atomic mass is 14.7. The molecule has 24 heavy (non-hydrogen) atoms. The average Bonchev–Trinajstić information content (AvgIpc) is 2.61. The summed E-state index contributed by atoms with van der Waals surface area (Å²) in [5, 5.41) is 0. The molecule has 0 spiro atoms. The van der Waals surface area contributed by atoms with Crippen LogP contribution in [0.2, 0.25) is 0 Å². The molecule has 0 atom stereocenters. The molecule has 0 aliphatic carbocycles. The van der Waals surface area contributed by atoms with Crippen LogP contribution < -0.4 is 0 Å². The maximum absolute atomic E-state index is 4.66. The summed E-state index contributed by atoms with van der Waals surface area (Å²) in [7, 11) is 0. The zero-order valence-corrected chi connectivity index (χ0v) is 14.8. The van der Waals surface area contributed by atoms with Crippen molar-refractivity contribution in [2.24, 2.45) is 5.92 Å². The van der Waals surface area contributed by atoms with Gasteiger partial charge < -0.3 is 0 Å². The van der Waals surface area contributed by atoms with Crippen molar-refractivity contribution in [3.8, 4) is 22.4 Å². The second kappa shape index (κ2) is 7.44. The predicted molar refractivity (Wildman–Crippen MR) is 103 cm³/mol. The van der Waals surface area contributed by atoms with Crippen molar-refractivity contribution in [3.63, 3.8) is 0 Å². The SMILES string of the molecule is CCc1ccc(-c2ccccc2)cc1-c1cc(CC(C)C)ccn1. The van der Waals surface area contributed by atoms with E-state index in [1.165, 1.54) is 27.8 Å². The van der Waals surface area contributed by atoms with E-state index in [1.807, 2.05) is 6.20 Å². The van der Waals surface area contributed by atoms with E-state index >= 15 is 0 Å². The molecule has 1 aromatic heterocycles. The molecule has 3 aromatic rings. The van der Waals surface area contributed by atoms with Gasteiger partial charge in [0, 0.05) is 11.8 Å². The van der Waals surface area contributed by atoms with Gasteiger partial charge in [0.2, 0.25) is 0 Å². The number of hydrogen-bond acceptors (Lipinski definition) is 1. The van der Waals surface area contributed by atoms with Crippen LogP contribution in [-0.4, -0.2) is 4.98 Å². The minimum absolute atomic E-state index is 0.654. The average molecular weight is 315 g/mol. The Labute approximate surface area is 145 Å². The van der Waals surface area contributed by atoms with Gasteiger partial charge in [0.05, 0.1) is 5.69 Å². The summed E-state index contributed by atoms with van der Waals surface area (Å²) in [4.78, 5) is 4.66. The highest BCUT2D eigenvalue weighted by Gasteiger charge is 2.09. The fourth-order valence-corrected chi connectivity index (χ4v) is 3.15. The first-order chi connectivity index (χ1) is 11.7. The lowest BCUT2D eigenvalue weighted by atomic mass is 9.94. The second-order valence-electron chi connectivity index (χ2n) is 6.74. The summed E-state index contributed by atoms with van der Waals surface area (Å²) in [6, 6.07) is 21.7. The maximum Gasteiger partial charge on any atom is 0.0707 e. The van der Waals surface area contributed by atoms with Crippen LogP contribution in [0.3, 0.4) is 0 Å². The molecular formula is C23H25N. The van der Waals surface area contributed by atoms with Crippen molar-refractivity contribution in [2.75, 3.05) is 0 Å². The van der Waals surface area contributed by atoms with E-state index in [-0.39, 0.29) is 0 Å². The van der Waals surface area contributed by atoms with Gasteiger partial charge >= 0.3 is 0 Å². The fraction of sp³-hybridized carbons (Fsp3) is 0.261. The summed E-state index contributed by atoms with van der Waals surface area (Å²) in [5.74, 6) is 0.654. The van der Waals surface area contributed by atoms with Crippen molar-refractivity contribution in [3.05, 3.63) is 78.0 Å². The molecule has 0 fully saturated rings. The van der Waals surface area contributed by atoms with Crippen molar-refractivity contribution >= 4 is 0 Å². The number of hydrogen-bond donors (Lipinski definition) is 0. The monoisotopic (exact) mass is 315 g/mol. The van der Waals surface area contributed by atoms with Gasteiger partial charge in [-0.25, -0.2) is 0 Å². The van der Waals surface area contributed by atoms with Crippen molar-refractivity contribution < 1.29 is 0 Å². The first-order valence-electron chi connectivity index (χ1n) is 8.81. The summed E-state index contributed by atoms with van der Waals surface area (Å²) in [6.07, 6.45) is 4.05. The van der Waals surface area contributed by atoms with Gasteiger partial charge in [0.15, 0.2) is 0 Å². The Morgan fingerprint density at radius 3 is 2.38 bits per heavy atom. The molecule has 1 heterocycles. The molecule has 2 aromatic carbocycles. The highest BCUT2D eigenvalue weighted by molar-refractivity contribution is 5.74. The minimum atomic E-state index is 0.654. The first-order valence-corrected chi connectivity index (χ1v) is 8.81. The molecule has 0 saturated heterocycles. The lowest BCUT2D eigenvalue weighted by molar-refractivity contribution is 0.647. The lowest BCUT2D eigenvalue weighted by Gasteiger charge is -2.12. The minimum Gasteiger partial charge on any atom is -0.256 e. The number of aryl methyl sites for hydroxylation is 1. The van der Waals surface area contributed by atoms with Crippen LogP contribution in [0.25, 0.3) is 22.4 Å². The molecule has 0 saturated carbocycles. The van der Waals surface area contributed by atoms with Crippen molar-refractivity contribution in [2.45, 2.75) is 33.6 Å². The van der Waals surface area contributed by atoms with E-state index in [4.69, 9.17) is 0 Å². The molecule has 3 rings (SSSR count). The van der Waals surface area contributed by atoms with Gasteiger partial charge in [0.25, 0.3) is 0 Å². The van der Waals surface area contributed by atoms with Crippen molar-refractivity contribution in [1.82, 2.24) is 4.98 Å². The number of nitrogens with zero attached hydrogens (tertiary/aromatic N) is 1. The molecular weight excluding hydrogens is 290 g/mol. The molecule has 0 amide bonds. The predicted octanol–water partition coefficient (Wildman–Crippen LogP) is 6.18. The summed E-state index contributed by atoms with van der Waals surface area (Å²) in [5.41, 5.74) is 7.55. The van der Waals surface area contributed by atoms with Gasteiger partial charge in [-0.3, -0.25) is 4.98 Å². The van der Waals surface area contributed by atoms with Crippen LogP contribution >= 0.6 is 0 Å². The molecule has 122 valence electrons. The van der Waals surface area contributed by atoms with E-state index in [0.717, 1.165) is 18.5 Å². The van der Waals surface area contributed by atoms with Crippen LogP contribution in [0, 0.1) is 5.92 Å². The van der Waals surface area contributed by atoms with Crippen LogP contribution in [0.5, 0.6) is 0 Å². The smallest absolute Gasteiger partial charge is 0.0707 e.